The smallest absolute Gasteiger partial charge is 0.182 e. The molecular formula is C17H15NO2S. The zero-order valence-electron chi connectivity index (χ0n) is 11.5. The first kappa shape index (κ1) is 13.8. The quantitative estimate of drug-likeness (QED) is 0.875. The normalized spacial score (nSPS) is 13.7. The van der Waals surface area contributed by atoms with Gasteiger partial charge in [0.15, 0.2) is 9.84 Å². The molecule has 21 heavy (non-hydrogen) atoms. The van der Waals surface area contributed by atoms with E-state index in [-0.39, 0.29) is 5.75 Å². The highest BCUT2D eigenvalue weighted by atomic mass is 32.2. The topological polar surface area (TPSA) is 57.9 Å². The van der Waals surface area contributed by atoms with Crippen LogP contribution in [0, 0.1) is 11.3 Å². The molecule has 0 atom stereocenters. The fourth-order valence-electron chi connectivity index (χ4n) is 2.78. The highest BCUT2D eigenvalue weighted by Gasteiger charge is 2.19. The molecule has 0 bridgehead atoms. The van der Waals surface area contributed by atoms with Gasteiger partial charge < -0.3 is 0 Å². The molecule has 0 amide bonds. The van der Waals surface area contributed by atoms with E-state index in [4.69, 9.17) is 5.26 Å². The third-order valence-corrected chi connectivity index (χ3v) is 5.53. The Balaban J connectivity index is 1.92. The van der Waals surface area contributed by atoms with Crippen LogP contribution in [0.5, 0.6) is 0 Å². The van der Waals surface area contributed by atoms with Crippen LogP contribution in [0.3, 0.4) is 0 Å². The summed E-state index contributed by atoms with van der Waals surface area (Å²) in [6.07, 6.45) is 3.10. The first-order chi connectivity index (χ1) is 10.1. The minimum atomic E-state index is -3.37. The molecule has 1 aliphatic carbocycles. The Bertz CT molecular complexity index is 832. The third-order valence-electron chi connectivity index (χ3n) is 3.84. The van der Waals surface area contributed by atoms with E-state index >= 15 is 0 Å². The SMILES string of the molecule is N#Cc1cccc(CS(=O)(=O)c2ccc3c(c2)CCC3)c1. The lowest BCUT2D eigenvalue weighted by Gasteiger charge is -2.07. The van der Waals surface area contributed by atoms with Crippen LogP contribution in [0.15, 0.2) is 47.4 Å². The van der Waals surface area contributed by atoms with Gasteiger partial charge in [-0.2, -0.15) is 5.26 Å². The van der Waals surface area contributed by atoms with E-state index in [9.17, 15) is 8.42 Å². The van der Waals surface area contributed by atoms with Gasteiger partial charge in [-0.3, -0.25) is 0 Å². The van der Waals surface area contributed by atoms with Crippen molar-refractivity contribution in [2.45, 2.75) is 29.9 Å². The molecule has 106 valence electrons. The molecule has 3 rings (SSSR count). The number of nitriles is 1. The van der Waals surface area contributed by atoms with E-state index in [0.29, 0.717) is 16.0 Å². The Labute approximate surface area is 124 Å². The van der Waals surface area contributed by atoms with Crippen molar-refractivity contribution in [1.29, 1.82) is 5.26 Å². The number of hydrogen-bond acceptors (Lipinski definition) is 3. The molecule has 3 nitrogen and oxygen atoms in total. The molecule has 0 fully saturated rings. The summed E-state index contributed by atoms with van der Waals surface area (Å²) in [5, 5.41) is 8.88. The van der Waals surface area contributed by atoms with Crippen LogP contribution in [0.2, 0.25) is 0 Å². The van der Waals surface area contributed by atoms with Crippen molar-refractivity contribution < 1.29 is 8.42 Å². The second-order valence-corrected chi connectivity index (χ2v) is 7.34. The van der Waals surface area contributed by atoms with Gasteiger partial charge in [0.05, 0.1) is 22.3 Å². The third kappa shape index (κ3) is 2.84. The van der Waals surface area contributed by atoms with Crippen molar-refractivity contribution in [3.63, 3.8) is 0 Å². The first-order valence-corrected chi connectivity index (χ1v) is 8.57. The van der Waals surface area contributed by atoms with Gasteiger partial charge in [-0.15, -0.1) is 0 Å². The molecule has 0 heterocycles. The van der Waals surface area contributed by atoms with E-state index in [1.807, 2.05) is 18.2 Å². The van der Waals surface area contributed by atoms with Crippen LogP contribution in [0.25, 0.3) is 0 Å². The number of aryl methyl sites for hydroxylation is 2. The predicted octanol–water partition coefficient (Wildman–Crippen LogP) is 3.02. The van der Waals surface area contributed by atoms with E-state index in [2.05, 4.69) is 0 Å². The summed E-state index contributed by atoms with van der Waals surface area (Å²) in [6, 6.07) is 14.2. The predicted molar refractivity (Wildman–Crippen MR) is 80.5 cm³/mol. The summed E-state index contributed by atoms with van der Waals surface area (Å²) in [5.74, 6) is -0.0681. The van der Waals surface area contributed by atoms with Gasteiger partial charge in [0.25, 0.3) is 0 Å². The molecule has 0 saturated heterocycles. The fraction of sp³-hybridized carbons (Fsp3) is 0.235. The van der Waals surface area contributed by atoms with Crippen LogP contribution in [0.4, 0.5) is 0 Å². The number of hydrogen-bond donors (Lipinski definition) is 0. The minimum absolute atomic E-state index is 0.0681. The highest BCUT2D eigenvalue weighted by Crippen LogP contribution is 2.26. The van der Waals surface area contributed by atoms with Crippen molar-refractivity contribution in [3.8, 4) is 6.07 Å². The average Bonchev–Trinajstić information content (AvgIpc) is 2.94. The molecule has 1 aliphatic rings. The highest BCUT2D eigenvalue weighted by molar-refractivity contribution is 7.90. The van der Waals surface area contributed by atoms with Gasteiger partial charge in [-0.05, 0) is 60.2 Å². The number of rotatable bonds is 3. The fourth-order valence-corrected chi connectivity index (χ4v) is 4.16. The maximum Gasteiger partial charge on any atom is 0.182 e. The van der Waals surface area contributed by atoms with Gasteiger partial charge >= 0.3 is 0 Å². The minimum Gasteiger partial charge on any atom is -0.223 e. The van der Waals surface area contributed by atoms with Crippen molar-refractivity contribution >= 4 is 9.84 Å². The van der Waals surface area contributed by atoms with Crippen LogP contribution < -0.4 is 0 Å². The average molecular weight is 297 g/mol. The van der Waals surface area contributed by atoms with Crippen molar-refractivity contribution in [1.82, 2.24) is 0 Å². The molecule has 0 aromatic heterocycles. The summed E-state index contributed by atoms with van der Waals surface area (Å²) >= 11 is 0. The first-order valence-electron chi connectivity index (χ1n) is 6.92. The standard InChI is InChI=1S/C17H15NO2S/c18-11-13-3-1-4-14(9-13)12-21(19,20)17-8-7-15-5-2-6-16(15)10-17/h1,3-4,7-10H,2,5-6,12H2. The van der Waals surface area contributed by atoms with E-state index < -0.39 is 9.84 Å². The zero-order chi connectivity index (χ0) is 14.9. The van der Waals surface area contributed by atoms with Gasteiger partial charge in [0, 0.05) is 0 Å². The Morgan fingerprint density at radius 2 is 1.86 bits per heavy atom. The number of benzene rings is 2. The lowest BCUT2D eigenvalue weighted by molar-refractivity contribution is 0.595. The van der Waals surface area contributed by atoms with Crippen molar-refractivity contribution in [3.05, 3.63) is 64.7 Å². The second kappa shape index (κ2) is 5.34. The lowest BCUT2D eigenvalue weighted by atomic mass is 10.1. The van der Waals surface area contributed by atoms with Gasteiger partial charge in [0.2, 0.25) is 0 Å². The molecule has 2 aromatic carbocycles. The molecule has 0 aliphatic heterocycles. The molecule has 2 aromatic rings. The molecule has 0 spiro atoms. The summed E-state index contributed by atoms with van der Waals surface area (Å²) < 4.78 is 25.0. The van der Waals surface area contributed by atoms with E-state index in [1.54, 1.807) is 30.3 Å². The number of fused-ring (bicyclic) bond motifs is 1. The molecule has 0 radical (unpaired) electrons. The van der Waals surface area contributed by atoms with Crippen LogP contribution in [-0.2, 0) is 28.4 Å². The summed E-state index contributed by atoms with van der Waals surface area (Å²) in [4.78, 5) is 0.380. The van der Waals surface area contributed by atoms with E-state index in [0.717, 1.165) is 24.8 Å². The Hall–Kier alpha value is -2.12. The van der Waals surface area contributed by atoms with Crippen LogP contribution >= 0.6 is 0 Å². The summed E-state index contributed by atoms with van der Waals surface area (Å²) in [6.45, 7) is 0. The summed E-state index contributed by atoms with van der Waals surface area (Å²) in [5.41, 5.74) is 3.55. The second-order valence-electron chi connectivity index (χ2n) is 5.36. The van der Waals surface area contributed by atoms with Gasteiger partial charge in [-0.25, -0.2) is 8.42 Å². The molecule has 0 unspecified atom stereocenters. The summed E-state index contributed by atoms with van der Waals surface area (Å²) in [7, 11) is -3.37. The van der Waals surface area contributed by atoms with Crippen LogP contribution in [0.1, 0.15) is 28.7 Å². The van der Waals surface area contributed by atoms with Crippen molar-refractivity contribution in [2.24, 2.45) is 0 Å². The van der Waals surface area contributed by atoms with E-state index in [1.165, 1.54) is 5.56 Å². The largest absolute Gasteiger partial charge is 0.223 e. The zero-order valence-corrected chi connectivity index (χ0v) is 12.4. The monoisotopic (exact) mass is 297 g/mol. The lowest BCUT2D eigenvalue weighted by Crippen LogP contribution is -2.06. The molecular weight excluding hydrogens is 282 g/mol. The number of sulfone groups is 1. The number of nitrogens with zero attached hydrogens (tertiary/aromatic N) is 1. The van der Waals surface area contributed by atoms with Crippen molar-refractivity contribution in [2.75, 3.05) is 0 Å². The maximum absolute atomic E-state index is 12.5. The Kier molecular flexibility index (Phi) is 3.52. The molecule has 4 heteroatoms. The maximum atomic E-state index is 12.5. The molecule has 0 N–H and O–H groups in total. The van der Waals surface area contributed by atoms with Crippen LogP contribution in [-0.4, -0.2) is 8.42 Å². The molecule has 0 saturated carbocycles. The Morgan fingerprint density at radius 1 is 1.05 bits per heavy atom. The van der Waals surface area contributed by atoms with Gasteiger partial charge in [-0.1, -0.05) is 18.2 Å². The van der Waals surface area contributed by atoms with Gasteiger partial charge in [0.1, 0.15) is 0 Å². The Morgan fingerprint density at radius 3 is 2.67 bits per heavy atom.